The predicted molar refractivity (Wildman–Crippen MR) is 117 cm³/mol. The molecule has 2 atom stereocenters. The highest BCUT2D eigenvalue weighted by Gasteiger charge is 2.36. The Morgan fingerprint density at radius 3 is 2.66 bits per heavy atom. The van der Waals surface area contributed by atoms with E-state index in [1.54, 1.807) is 0 Å². The Labute approximate surface area is 178 Å². The number of aryl methyl sites for hydroxylation is 1. The van der Waals surface area contributed by atoms with Gasteiger partial charge < -0.3 is 20.1 Å². The molecular formula is C24H30ClN2O2-. The SMILES string of the molecule is Cc1ccc(NC2CCN(C(=O)[O-])C(C(C)(C)C)C2)c(Cc2cccc(Cl)c2)c1. The lowest BCUT2D eigenvalue weighted by Crippen LogP contribution is -2.57. The lowest BCUT2D eigenvalue weighted by molar-refractivity contribution is -0.271. The maximum absolute atomic E-state index is 11.6. The van der Waals surface area contributed by atoms with Gasteiger partial charge in [0, 0.05) is 29.3 Å². The molecule has 1 amide bonds. The van der Waals surface area contributed by atoms with E-state index in [0.717, 1.165) is 30.0 Å². The standard InChI is InChI=1S/C24H31ClN2O2/c1-16-8-9-21(18(12-16)13-17-6-5-7-19(25)14-17)26-20-10-11-27(23(28)29)22(15-20)24(2,3)4/h5-9,12,14,20,22,26H,10-11,13,15H2,1-4H3,(H,28,29)/p-1. The number of hydrogen-bond donors (Lipinski definition) is 1. The molecule has 0 aromatic heterocycles. The molecule has 1 aliphatic heterocycles. The number of amides is 1. The molecule has 29 heavy (non-hydrogen) atoms. The molecule has 3 rings (SSSR count). The van der Waals surface area contributed by atoms with Gasteiger partial charge in [0.1, 0.15) is 6.09 Å². The number of nitrogens with zero attached hydrogens (tertiary/aromatic N) is 1. The van der Waals surface area contributed by atoms with Crippen LogP contribution >= 0.6 is 11.6 Å². The van der Waals surface area contributed by atoms with Crippen molar-refractivity contribution >= 4 is 23.4 Å². The van der Waals surface area contributed by atoms with Crippen molar-refractivity contribution < 1.29 is 9.90 Å². The van der Waals surface area contributed by atoms with Gasteiger partial charge in [0.15, 0.2) is 0 Å². The quantitative estimate of drug-likeness (QED) is 0.777. The van der Waals surface area contributed by atoms with Crippen molar-refractivity contribution in [2.24, 2.45) is 5.41 Å². The average molecular weight is 414 g/mol. The fourth-order valence-corrected chi connectivity index (χ4v) is 4.45. The highest BCUT2D eigenvalue weighted by molar-refractivity contribution is 6.30. The van der Waals surface area contributed by atoms with Crippen molar-refractivity contribution in [2.75, 3.05) is 11.9 Å². The minimum absolute atomic E-state index is 0.0689. The first-order valence-electron chi connectivity index (χ1n) is 10.2. The van der Waals surface area contributed by atoms with Crippen LogP contribution in [-0.2, 0) is 6.42 Å². The molecule has 0 radical (unpaired) electrons. The lowest BCUT2D eigenvalue weighted by Gasteiger charge is -2.47. The third-order valence-corrected chi connectivity index (χ3v) is 5.98. The normalized spacial score (nSPS) is 19.8. The molecule has 1 aliphatic rings. The molecule has 0 spiro atoms. The molecule has 2 unspecified atom stereocenters. The van der Waals surface area contributed by atoms with Crippen LogP contribution in [0.5, 0.6) is 0 Å². The summed E-state index contributed by atoms with van der Waals surface area (Å²) in [4.78, 5) is 13.1. The monoisotopic (exact) mass is 413 g/mol. The first-order valence-corrected chi connectivity index (χ1v) is 10.6. The Balaban J connectivity index is 1.80. The minimum Gasteiger partial charge on any atom is -0.530 e. The smallest absolute Gasteiger partial charge is 0.137 e. The van der Waals surface area contributed by atoms with E-state index >= 15 is 0 Å². The third kappa shape index (κ3) is 5.45. The summed E-state index contributed by atoms with van der Waals surface area (Å²) in [5.41, 5.74) is 4.58. The summed E-state index contributed by atoms with van der Waals surface area (Å²) in [6, 6.07) is 14.6. The molecule has 5 heteroatoms. The van der Waals surface area contributed by atoms with Crippen LogP contribution in [0.2, 0.25) is 5.02 Å². The van der Waals surface area contributed by atoms with Crippen LogP contribution in [0.4, 0.5) is 10.5 Å². The molecular weight excluding hydrogens is 384 g/mol. The van der Waals surface area contributed by atoms with E-state index in [-0.39, 0.29) is 17.5 Å². The Morgan fingerprint density at radius 2 is 2.00 bits per heavy atom. The molecule has 1 fully saturated rings. The maximum Gasteiger partial charge on any atom is 0.137 e. The minimum atomic E-state index is -1.07. The summed E-state index contributed by atoms with van der Waals surface area (Å²) in [6.45, 7) is 8.86. The van der Waals surface area contributed by atoms with E-state index in [2.05, 4.69) is 57.3 Å². The van der Waals surface area contributed by atoms with Gasteiger partial charge in [0.2, 0.25) is 0 Å². The number of anilines is 1. The molecule has 1 saturated heterocycles. The van der Waals surface area contributed by atoms with Gasteiger partial charge in [-0.1, -0.05) is 62.2 Å². The van der Waals surface area contributed by atoms with Gasteiger partial charge in [-0.05, 0) is 60.9 Å². The van der Waals surface area contributed by atoms with Crippen LogP contribution in [0, 0.1) is 12.3 Å². The fourth-order valence-electron chi connectivity index (χ4n) is 4.23. The van der Waals surface area contributed by atoms with Gasteiger partial charge in [0.25, 0.3) is 0 Å². The summed E-state index contributed by atoms with van der Waals surface area (Å²) in [5.74, 6) is 0. The van der Waals surface area contributed by atoms with Gasteiger partial charge in [-0.25, -0.2) is 0 Å². The second kappa shape index (κ2) is 8.66. The van der Waals surface area contributed by atoms with E-state index in [4.69, 9.17) is 11.6 Å². The van der Waals surface area contributed by atoms with E-state index in [1.807, 2.05) is 18.2 Å². The van der Waals surface area contributed by atoms with Crippen LogP contribution in [-0.4, -0.2) is 29.6 Å². The van der Waals surface area contributed by atoms with Crippen molar-refractivity contribution in [3.8, 4) is 0 Å². The van der Waals surface area contributed by atoms with E-state index in [1.165, 1.54) is 21.6 Å². The largest absolute Gasteiger partial charge is 0.530 e. The van der Waals surface area contributed by atoms with Gasteiger partial charge in [-0.2, -0.15) is 0 Å². The predicted octanol–water partition coefficient (Wildman–Crippen LogP) is 4.87. The van der Waals surface area contributed by atoms with Crippen LogP contribution in [0.25, 0.3) is 0 Å². The summed E-state index contributed by atoms with van der Waals surface area (Å²) in [5, 5.41) is 16.0. The van der Waals surface area contributed by atoms with Crippen LogP contribution in [0.1, 0.15) is 50.3 Å². The molecule has 156 valence electrons. The van der Waals surface area contributed by atoms with E-state index in [9.17, 15) is 9.90 Å². The topological polar surface area (TPSA) is 55.4 Å². The average Bonchev–Trinajstić information content (AvgIpc) is 2.63. The summed E-state index contributed by atoms with van der Waals surface area (Å²) in [7, 11) is 0. The Bertz CT molecular complexity index is 875. The second-order valence-corrected chi connectivity index (χ2v) is 9.61. The zero-order valence-corrected chi connectivity index (χ0v) is 18.4. The number of halogens is 1. The Morgan fingerprint density at radius 1 is 1.24 bits per heavy atom. The molecule has 0 aliphatic carbocycles. The summed E-state index contributed by atoms with van der Waals surface area (Å²) >= 11 is 6.16. The number of nitrogens with one attached hydrogen (secondary N) is 1. The van der Waals surface area contributed by atoms with E-state index in [0.29, 0.717) is 6.54 Å². The van der Waals surface area contributed by atoms with Crippen molar-refractivity contribution in [3.05, 3.63) is 64.2 Å². The first-order chi connectivity index (χ1) is 13.6. The van der Waals surface area contributed by atoms with Gasteiger partial charge in [-0.15, -0.1) is 0 Å². The summed E-state index contributed by atoms with van der Waals surface area (Å²) < 4.78 is 0. The third-order valence-electron chi connectivity index (χ3n) is 5.74. The maximum atomic E-state index is 11.6. The number of carbonyl (C=O) groups excluding carboxylic acids is 1. The number of carbonyl (C=O) groups is 1. The number of hydrogen-bond acceptors (Lipinski definition) is 3. The van der Waals surface area contributed by atoms with Crippen LogP contribution in [0.15, 0.2) is 42.5 Å². The van der Waals surface area contributed by atoms with Crippen molar-refractivity contribution in [2.45, 2.75) is 59.0 Å². The first kappa shape index (κ1) is 21.5. The molecule has 0 bridgehead atoms. The fraction of sp³-hybridized carbons (Fsp3) is 0.458. The number of benzene rings is 2. The summed E-state index contributed by atoms with van der Waals surface area (Å²) in [6.07, 6.45) is 1.26. The molecule has 2 aromatic carbocycles. The number of carboxylic acid groups (broad SMARTS) is 1. The molecule has 4 nitrogen and oxygen atoms in total. The molecule has 2 aromatic rings. The zero-order valence-electron chi connectivity index (χ0n) is 17.7. The second-order valence-electron chi connectivity index (χ2n) is 9.17. The molecule has 1 N–H and O–H groups in total. The van der Waals surface area contributed by atoms with Crippen molar-refractivity contribution in [1.29, 1.82) is 0 Å². The number of likely N-dealkylation sites (tertiary alicyclic amines) is 1. The molecule has 0 saturated carbocycles. The zero-order chi connectivity index (χ0) is 21.2. The highest BCUT2D eigenvalue weighted by atomic mass is 35.5. The number of piperidine rings is 1. The van der Waals surface area contributed by atoms with Crippen LogP contribution in [0.3, 0.4) is 0 Å². The van der Waals surface area contributed by atoms with Gasteiger partial charge >= 0.3 is 0 Å². The lowest BCUT2D eigenvalue weighted by atomic mass is 9.79. The highest BCUT2D eigenvalue weighted by Crippen LogP contribution is 2.33. The Hall–Kier alpha value is -2.20. The van der Waals surface area contributed by atoms with Gasteiger partial charge in [0.05, 0.1) is 0 Å². The number of rotatable bonds is 4. The van der Waals surface area contributed by atoms with Crippen molar-refractivity contribution in [3.63, 3.8) is 0 Å². The van der Waals surface area contributed by atoms with E-state index < -0.39 is 6.09 Å². The van der Waals surface area contributed by atoms with Gasteiger partial charge in [-0.3, -0.25) is 0 Å². The van der Waals surface area contributed by atoms with Crippen LogP contribution < -0.4 is 10.4 Å². The molecule has 1 heterocycles. The Kier molecular flexibility index (Phi) is 6.42. The van der Waals surface area contributed by atoms with Crippen molar-refractivity contribution in [1.82, 2.24) is 4.90 Å².